The van der Waals surface area contributed by atoms with E-state index in [1.165, 1.54) is 30.4 Å². The van der Waals surface area contributed by atoms with Crippen LogP contribution in [0.4, 0.5) is 5.69 Å². The molecule has 2 unspecified atom stereocenters. The molecule has 0 heterocycles. The summed E-state index contributed by atoms with van der Waals surface area (Å²) >= 11 is 0. The third kappa shape index (κ3) is 4.49. The molecule has 0 aliphatic heterocycles. The average molecular weight is 302 g/mol. The second-order valence-electron chi connectivity index (χ2n) is 6.58. The third-order valence-electron chi connectivity index (χ3n) is 4.57. The number of ether oxygens (including phenoxy) is 1. The zero-order chi connectivity index (χ0) is 16.1. The molecular formula is C19H30N2O. The first-order valence-electron chi connectivity index (χ1n) is 8.53. The van der Waals surface area contributed by atoms with E-state index in [4.69, 9.17) is 4.74 Å². The Hall–Kier alpha value is -1.51. The highest BCUT2D eigenvalue weighted by atomic mass is 16.5. The highest BCUT2D eigenvalue weighted by Gasteiger charge is 2.36. The summed E-state index contributed by atoms with van der Waals surface area (Å²) in [4.78, 5) is 6.64. The molecule has 0 radical (unpaired) electrons. The molecule has 3 nitrogen and oxygen atoms in total. The van der Waals surface area contributed by atoms with Gasteiger partial charge in [0.15, 0.2) is 0 Å². The minimum Gasteiger partial charge on any atom is -0.493 e. The van der Waals surface area contributed by atoms with Crippen LogP contribution in [0, 0.1) is 25.7 Å². The second kappa shape index (κ2) is 7.66. The van der Waals surface area contributed by atoms with Gasteiger partial charge in [0.25, 0.3) is 0 Å². The summed E-state index contributed by atoms with van der Waals surface area (Å²) in [6.07, 6.45) is 5.88. The van der Waals surface area contributed by atoms with Gasteiger partial charge in [-0.2, -0.15) is 0 Å². The van der Waals surface area contributed by atoms with Crippen molar-refractivity contribution < 1.29 is 4.74 Å². The standard InChI is InChI=1S/C19H30N2O/c1-6-8-16-11-17(16)12-22-19-10-14(3)18(9-15(19)4)20-13-21(5)7-2/h9-10,13,16-17H,6-8,11-12H2,1-5H3/b20-13-. The summed E-state index contributed by atoms with van der Waals surface area (Å²) in [6.45, 7) is 10.4. The van der Waals surface area contributed by atoms with Crippen molar-refractivity contribution in [3.8, 4) is 5.75 Å². The van der Waals surface area contributed by atoms with E-state index < -0.39 is 0 Å². The molecule has 0 N–H and O–H groups in total. The van der Waals surface area contributed by atoms with Crippen molar-refractivity contribution in [2.45, 2.75) is 47.0 Å². The van der Waals surface area contributed by atoms with Gasteiger partial charge in [-0.1, -0.05) is 19.8 Å². The first-order chi connectivity index (χ1) is 10.5. The molecular weight excluding hydrogens is 272 g/mol. The van der Waals surface area contributed by atoms with Gasteiger partial charge in [-0.25, -0.2) is 4.99 Å². The zero-order valence-corrected chi connectivity index (χ0v) is 14.7. The third-order valence-corrected chi connectivity index (χ3v) is 4.57. The monoisotopic (exact) mass is 302 g/mol. The number of hydrogen-bond acceptors (Lipinski definition) is 2. The van der Waals surface area contributed by atoms with E-state index in [2.05, 4.69) is 49.7 Å². The minimum atomic E-state index is 0.774. The fourth-order valence-corrected chi connectivity index (χ4v) is 2.75. The van der Waals surface area contributed by atoms with Crippen molar-refractivity contribution in [1.82, 2.24) is 4.90 Å². The normalized spacial score (nSPS) is 20.4. The van der Waals surface area contributed by atoms with Crippen molar-refractivity contribution in [1.29, 1.82) is 0 Å². The summed E-state index contributed by atoms with van der Waals surface area (Å²) in [7, 11) is 2.03. The van der Waals surface area contributed by atoms with Crippen LogP contribution in [0.25, 0.3) is 0 Å². The Bertz CT molecular complexity index is 524. The Balaban J connectivity index is 1.96. The molecule has 22 heavy (non-hydrogen) atoms. The number of aryl methyl sites for hydroxylation is 2. The minimum absolute atomic E-state index is 0.774. The van der Waals surface area contributed by atoms with E-state index in [0.29, 0.717) is 0 Å². The van der Waals surface area contributed by atoms with E-state index in [1.807, 2.05) is 13.4 Å². The fraction of sp³-hybridized carbons (Fsp3) is 0.632. The first-order valence-corrected chi connectivity index (χ1v) is 8.53. The lowest BCUT2D eigenvalue weighted by atomic mass is 10.1. The summed E-state index contributed by atoms with van der Waals surface area (Å²) < 4.78 is 6.06. The SMILES string of the molecule is CCCC1CC1COc1cc(C)c(/N=C\N(C)CC)cc1C. The Labute approximate surface area is 135 Å². The Morgan fingerprint density at radius 3 is 2.68 bits per heavy atom. The topological polar surface area (TPSA) is 24.8 Å². The Morgan fingerprint density at radius 1 is 1.23 bits per heavy atom. The molecule has 2 atom stereocenters. The van der Waals surface area contributed by atoms with Crippen LogP contribution in [-0.4, -0.2) is 31.4 Å². The van der Waals surface area contributed by atoms with Gasteiger partial charge in [-0.05, 0) is 62.3 Å². The van der Waals surface area contributed by atoms with E-state index in [9.17, 15) is 0 Å². The molecule has 0 aromatic heterocycles. The molecule has 1 fully saturated rings. The van der Waals surface area contributed by atoms with Gasteiger partial charge in [0.05, 0.1) is 18.6 Å². The maximum atomic E-state index is 6.06. The number of nitrogens with zero attached hydrogens (tertiary/aromatic N) is 2. The molecule has 0 spiro atoms. The Kier molecular flexibility index (Phi) is 5.87. The average Bonchev–Trinajstić information content (AvgIpc) is 3.24. The smallest absolute Gasteiger partial charge is 0.122 e. The highest BCUT2D eigenvalue weighted by molar-refractivity contribution is 5.64. The molecule has 1 aromatic rings. The number of rotatable bonds is 8. The molecule has 122 valence electrons. The van der Waals surface area contributed by atoms with Gasteiger partial charge in [0.1, 0.15) is 5.75 Å². The van der Waals surface area contributed by atoms with Crippen molar-refractivity contribution in [3.05, 3.63) is 23.3 Å². The zero-order valence-electron chi connectivity index (χ0n) is 14.7. The van der Waals surface area contributed by atoms with Gasteiger partial charge >= 0.3 is 0 Å². The van der Waals surface area contributed by atoms with Crippen LogP contribution < -0.4 is 4.74 Å². The van der Waals surface area contributed by atoms with Crippen molar-refractivity contribution in [2.75, 3.05) is 20.2 Å². The van der Waals surface area contributed by atoms with Gasteiger partial charge in [0.2, 0.25) is 0 Å². The van der Waals surface area contributed by atoms with Gasteiger partial charge in [-0.15, -0.1) is 0 Å². The molecule has 1 aliphatic rings. The van der Waals surface area contributed by atoms with E-state index in [0.717, 1.165) is 36.4 Å². The molecule has 2 rings (SSSR count). The molecule has 1 aromatic carbocycles. The first kappa shape index (κ1) is 16.9. The van der Waals surface area contributed by atoms with Crippen LogP contribution in [0.3, 0.4) is 0 Å². The van der Waals surface area contributed by atoms with Crippen LogP contribution in [-0.2, 0) is 0 Å². The summed E-state index contributed by atoms with van der Waals surface area (Å²) in [5, 5.41) is 0. The van der Waals surface area contributed by atoms with Gasteiger partial charge < -0.3 is 9.64 Å². The molecule has 1 aliphatic carbocycles. The van der Waals surface area contributed by atoms with Gasteiger partial charge in [-0.3, -0.25) is 0 Å². The summed E-state index contributed by atoms with van der Waals surface area (Å²) in [5.41, 5.74) is 3.37. The lowest BCUT2D eigenvalue weighted by Gasteiger charge is -2.13. The number of hydrogen-bond donors (Lipinski definition) is 0. The van der Waals surface area contributed by atoms with E-state index >= 15 is 0 Å². The van der Waals surface area contributed by atoms with Crippen molar-refractivity contribution in [3.63, 3.8) is 0 Å². The van der Waals surface area contributed by atoms with Gasteiger partial charge in [0, 0.05) is 13.6 Å². The van der Waals surface area contributed by atoms with Crippen LogP contribution in [0.15, 0.2) is 17.1 Å². The fourth-order valence-electron chi connectivity index (χ4n) is 2.75. The second-order valence-corrected chi connectivity index (χ2v) is 6.58. The maximum Gasteiger partial charge on any atom is 0.122 e. The maximum absolute atomic E-state index is 6.06. The largest absolute Gasteiger partial charge is 0.493 e. The lowest BCUT2D eigenvalue weighted by Crippen LogP contribution is -2.14. The van der Waals surface area contributed by atoms with E-state index in [1.54, 1.807) is 0 Å². The van der Waals surface area contributed by atoms with Crippen LogP contribution in [0.2, 0.25) is 0 Å². The molecule has 0 amide bonds. The molecule has 1 saturated carbocycles. The highest BCUT2D eigenvalue weighted by Crippen LogP contribution is 2.42. The Morgan fingerprint density at radius 2 is 2.00 bits per heavy atom. The predicted molar refractivity (Wildman–Crippen MR) is 94.4 cm³/mol. The lowest BCUT2D eigenvalue weighted by molar-refractivity contribution is 0.288. The number of aliphatic imine (C=N–C) groups is 1. The van der Waals surface area contributed by atoms with Crippen LogP contribution >= 0.6 is 0 Å². The van der Waals surface area contributed by atoms with Crippen molar-refractivity contribution >= 4 is 12.0 Å². The van der Waals surface area contributed by atoms with E-state index in [-0.39, 0.29) is 0 Å². The molecule has 0 bridgehead atoms. The summed E-state index contributed by atoms with van der Waals surface area (Å²) in [6, 6.07) is 4.26. The predicted octanol–water partition coefficient (Wildman–Crippen LogP) is 4.73. The molecule has 0 saturated heterocycles. The van der Waals surface area contributed by atoms with Crippen molar-refractivity contribution in [2.24, 2.45) is 16.8 Å². The quantitative estimate of drug-likeness (QED) is 0.512. The molecule has 3 heteroatoms. The summed E-state index contributed by atoms with van der Waals surface area (Å²) in [5.74, 6) is 2.69. The number of benzene rings is 1. The van der Waals surface area contributed by atoms with Crippen LogP contribution in [0.1, 0.15) is 44.2 Å². The van der Waals surface area contributed by atoms with Crippen LogP contribution in [0.5, 0.6) is 5.75 Å².